The van der Waals surface area contributed by atoms with Crippen molar-refractivity contribution in [3.63, 3.8) is 0 Å². The first-order valence-electron chi connectivity index (χ1n) is 24.0. The number of hydrogen-bond donors (Lipinski definition) is 0. The van der Waals surface area contributed by atoms with E-state index in [1.807, 2.05) is 0 Å². The fraction of sp³-hybridized carbons (Fsp3) is 0.958. The van der Waals surface area contributed by atoms with Gasteiger partial charge in [-0.3, -0.25) is 9.59 Å². The van der Waals surface area contributed by atoms with Gasteiger partial charge in [0, 0.05) is 12.8 Å². The van der Waals surface area contributed by atoms with Crippen molar-refractivity contribution in [2.24, 2.45) is 0 Å². The van der Waals surface area contributed by atoms with E-state index in [2.05, 4.69) is 13.8 Å². The normalized spacial score (nSPS) is 11.3. The summed E-state index contributed by atoms with van der Waals surface area (Å²) < 4.78 is 10.9. The topological polar surface area (TPSA) is 52.6 Å². The molecule has 0 atom stereocenters. The van der Waals surface area contributed by atoms with E-state index in [4.69, 9.17) is 9.47 Å². The van der Waals surface area contributed by atoms with E-state index in [1.165, 1.54) is 218 Å². The third kappa shape index (κ3) is 45.1. The van der Waals surface area contributed by atoms with Crippen LogP contribution in [0.15, 0.2) is 0 Å². The molecule has 0 heterocycles. The van der Waals surface area contributed by atoms with Gasteiger partial charge in [0.25, 0.3) is 0 Å². The summed E-state index contributed by atoms with van der Waals surface area (Å²) in [5, 5.41) is 0. The number of hydrogen-bond acceptors (Lipinski definition) is 4. The van der Waals surface area contributed by atoms with Crippen molar-refractivity contribution in [2.45, 2.75) is 284 Å². The van der Waals surface area contributed by atoms with Gasteiger partial charge in [0.1, 0.15) is 0 Å². The fourth-order valence-corrected chi connectivity index (χ4v) is 7.42. The van der Waals surface area contributed by atoms with Gasteiger partial charge in [0.15, 0.2) is 0 Å². The van der Waals surface area contributed by atoms with E-state index < -0.39 is 0 Å². The molecule has 0 bridgehead atoms. The summed E-state index contributed by atoms with van der Waals surface area (Å²) in [6.45, 7) is 5.72. The molecule has 0 aromatic carbocycles. The van der Waals surface area contributed by atoms with Crippen LogP contribution in [0.2, 0.25) is 0 Å². The molecule has 0 N–H and O–H groups in total. The lowest BCUT2D eigenvalue weighted by molar-refractivity contribution is -0.145. The van der Waals surface area contributed by atoms with Gasteiger partial charge in [-0.05, 0) is 25.7 Å². The van der Waals surface area contributed by atoms with E-state index in [1.54, 1.807) is 0 Å². The molecule has 0 aliphatic heterocycles. The Morgan fingerprint density at radius 1 is 0.250 bits per heavy atom. The quantitative estimate of drug-likeness (QED) is 0.0462. The highest BCUT2D eigenvalue weighted by molar-refractivity contribution is 5.69. The molecule has 0 aromatic heterocycles. The van der Waals surface area contributed by atoms with Crippen molar-refractivity contribution >= 4 is 11.9 Å². The molecule has 0 aliphatic carbocycles. The first kappa shape index (κ1) is 50.9. The SMILES string of the molecule is CCCCCCCCCCCCCCCCCCCCOC(=O)CCCCCCC(=O)OCCCCCCCCCCCCCCCCCCCC. The van der Waals surface area contributed by atoms with Crippen molar-refractivity contribution in [1.82, 2.24) is 0 Å². The van der Waals surface area contributed by atoms with Crippen LogP contribution in [0.4, 0.5) is 0 Å². The van der Waals surface area contributed by atoms with Crippen LogP contribution in [0.3, 0.4) is 0 Å². The Morgan fingerprint density at radius 3 is 0.635 bits per heavy atom. The number of rotatable bonds is 45. The lowest BCUT2D eigenvalue weighted by atomic mass is 10.0. The maximum atomic E-state index is 12.0. The third-order valence-corrected chi connectivity index (χ3v) is 11.0. The molecule has 4 heteroatoms. The molecule has 0 aromatic rings. The number of carbonyl (C=O) groups excluding carboxylic acids is 2. The largest absolute Gasteiger partial charge is 0.466 e. The average molecular weight is 735 g/mol. The molecule has 0 amide bonds. The molecule has 0 aliphatic rings. The van der Waals surface area contributed by atoms with E-state index >= 15 is 0 Å². The van der Waals surface area contributed by atoms with Gasteiger partial charge in [-0.25, -0.2) is 0 Å². The number of esters is 2. The van der Waals surface area contributed by atoms with E-state index in [9.17, 15) is 9.59 Å². The summed E-state index contributed by atoms with van der Waals surface area (Å²) in [5.74, 6) is -0.119. The molecule has 0 unspecified atom stereocenters. The molecule has 52 heavy (non-hydrogen) atoms. The van der Waals surface area contributed by atoms with Crippen molar-refractivity contribution in [2.75, 3.05) is 13.2 Å². The molecular formula is C48H94O4. The Labute approximate surface area is 326 Å². The summed E-state index contributed by atoms with van der Waals surface area (Å²) in [7, 11) is 0. The highest BCUT2D eigenvalue weighted by Crippen LogP contribution is 2.16. The van der Waals surface area contributed by atoms with E-state index in [0.29, 0.717) is 26.1 Å². The van der Waals surface area contributed by atoms with Gasteiger partial charge in [-0.1, -0.05) is 245 Å². The van der Waals surface area contributed by atoms with Crippen LogP contribution >= 0.6 is 0 Å². The van der Waals surface area contributed by atoms with Crippen molar-refractivity contribution in [3.8, 4) is 0 Å². The first-order valence-corrected chi connectivity index (χ1v) is 24.0. The molecule has 0 radical (unpaired) electrons. The standard InChI is InChI=1S/C48H94O4/c1-3-5-7-9-11-13-15-17-19-21-23-25-27-29-31-33-37-41-45-51-47(49)43-39-35-36-40-44-48(50)52-46-42-38-34-32-30-28-26-24-22-20-18-16-14-12-10-8-6-4-2/h3-46H2,1-2H3. The van der Waals surface area contributed by atoms with Crippen LogP contribution in [-0.2, 0) is 19.1 Å². The minimum atomic E-state index is -0.0595. The highest BCUT2D eigenvalue weighted by Gasteiger charge is 2.05. The monoisotopic (exact) mass is 735 g/mol. The minimum absolute atomic E-state index is 0.0595. The molecule has 0 saturated heterocycles. The first-order chi connectivity index (χ1) is 25.7. The predicted molar refractivity (Wildman–Crippen MR) is 227 cm³/mol. The van der Waals surface area contributed by atoms with E-state index in [-0.39, 0.29) is 11.9 Å². The zero-order chi connectivity index (χ0) is 37.7. The molecule has 4 nitrogen and oxygen atoms in total. The summed E-state index contributed by atoms with van der Waals surface area (Å²) in [6, 6.07) is 0. The Kier molecular flexibility index (Phi) is 45.2. The second kappa shape index (κ2) is 46.1. The number of unbranched alkanes of at least 4 members (excludes halogenated alkanes) is 37. The summed E-state index contributed by atoms with van der Waals surface area (Å²) >= 11 is 0. The minimum Gasteiger partial charge on any atom is -0.466 e. The van der Waals surface area contributed by atoms with Crippen LogP contribution in [0.25, 0.3) is 0 Å². The van der Waals surface area contributed by atoms with Gasteiger partial charge in [-0.2, -0.15) is 0 Å². The molecule has 0 fully saturated rings. The van der Waals surface area contributed by atoms with Gasteiger partial charge in [-0.15, -0.1) is 0 Å². The summed E-state index contributed by atoms with van der Waals surface area (Å²) in [6.07, 6.45) is 53.8. The second-order valence-electron chi connectivity index (χ2n) is 16.4. The average Bonchev–Trinajstić information content (AvgIpc) is 3.14. The van der Waals surface area contributed by atoms with Gasteiger partial charge in [0.2, 0.25) is 0 Å². The van der Waals surface area contributed by atoms with Crippen molar-refractivity contribution < 1.29 is 19.1 Å². The predicted octanol–water partition coefficient (Wildman–Crippen LogP) is 16.5. The van der Waals surface area contributed by atoms with Crippen LogP contribution in [-0.4, -0.2) is 25.2 Å². The molecule has 0 spiro atoms. The zero-order valence-corrected chi connectivity index (χ0v) is 35.7. The molecule has 0 saturated carbocycles. The highest BCUT2D eigenvalue weighted by atomic mass is 16.5. The van der Waals surface area contributed by atoms with Crippen molar-refractivity contribution in [3.05, 3.63) is 0 Å². The van der Waals surface area contributed by atoms with Gasteiger partial charge < -0.3 is 9.47 Å². The maximum Gasteiger partial charge on any atom is 0.305 e. The molecule has 310 valence electrons. The second-order valence-corrected chi connectivity index (χ2v) is 16.4. The van der Waals surface area contributed by atoms with Crippen LogP contribution < -0.4 is 0 Å². The van der Waals surface area contributed by atoms with Crippen LogP contribution in [0, 0.1) is 0 Å². The number of carbonyl (C=O) groups is 2. The maximum absolute atomic E-state index is 12.0. The lowest BCUT2D eigenvalue weighted by Gasteiger charge is -2.06. The van der Waals surface area contributed by atoms with Crippen LogP contribution in [0.1, 0.15) is 284 Å². The zero-order valence-electron chi connectivity index (χ0n) is 35.7. The lowest BCUT2D eigenvalue weighted by Crippen LogP contribution is -2.06. The third-order valence-electron chi connectivity index (χ3n) is 11.0. The molecular weight excluding hydrogens is 641 g/mol. The molecule has 0 rings (SSSR count). The van der Waals surface area contributed by atoms with Crippen LogP contribution in [0.5, 0.6) is 0 Å². The Balaban J connectivity index is 3.23. The van der Waals surface area contributed by atoms with Gasteiger partial charge in [0.05, 0.1) is 13.2 Å². The smallest absolute Gasteiger partial charge is 0.305 e. The Hall–Kier alpha value is -1.06. The fourth-order valence-electron chi connectivity index (χ4n) is 7.42. The van der Waals surface area contributed by atoms with E-state index in [0.717, 1.165) is 38.5 Å². The summed E-state index contributed by atoms with van der Waals surface area (Å²) in [5.41, 5.74) is 0. The summed E-state index contributed by atoms with van der Waals surface area (Å²) in [4.78, 5) is 24.0. The Morgan fingerprint density at radius 2 is 0.423 bits per heavy atom. The number of ether oxygens (including phenoxy) is 2. The van der Waals surface area contributed by atoms with Crippen molar-refractivity contribution in [1.29, 1.82) is 0 Å². The van der Waals surface area contributed by atoms with Gasteiger partial charge >= 0.3 is 11.9 Å². The Bertz CT molecular complexity index is 634.